The second-order valence-corrected chi connectivity index (χ2v) is 27.3. The monoisotopic (exact) mass is 1200 g/mol. The minimum absolute atomic E-state index is 0.173. The zero-order valence-electron chi connectivity index (χ0n) is 57.8. The Balaban J connectivity index is 4.00. The molecule has 0 aromatic carbocycles. The molecular formula is C76H148NO8+. The van der Waals surface area contributed by atoms with Crippen LogP contribution >= 0.6 is 0 Å². The number of nitrogens with zero attached hydrogens (tertiary/aromatic N) is 1. The highest BCUT2D eigenvalue weighted by Crippen LogP contribution is 2.20. The summed E-state index contributed by atoms with van der Waals surface area (Å²) in [7, 11) is 6.00. The van der Waals surface area contributed by atoms with E-state index in [-0.39, 0.29) is 38.2 Å². The van der Waals surface area contributed by atoms with E-state index in [1.54, 1.807) is 0 Å². The van der Waals surface area contributed by atoms with Gasteiger partial charge in [0.05, 0.1) is 34.4 Å². The number of aliphatic carboxylic acids is 1. The molecule has 0 fully saturated rings. The highest BCUT2D eigenvalue weighted by Gasteiger charge is 2.25. The third-order valence-corrected chi connectivity index (χ3v) is 17.5. The van der Waals surface area contributed by atoms with Crippen molar-refractivity contribution in [3.63, 3.8) is 0 Å². The first-order valence-electron chi connectivity index (χ1n) is 37.9. The maximum Gasteiger partial charge on any atom is 0.361 e. The molecule has 0 spiro atoms. The van der Waals surface area contributed by atoms with E-state index in [1.165, 1.54) is 334 Å². The molecular weight excluding hydrogens is 1050 g/mol. The van der Waals surface area contributed by atoms with Gasteiger partial charge in [-0.2, -0.15) is 0 Å². The molecule has 0 rings (SSSR count). The lowest BCUT2D eigenvalue weighted by atomic mass is 10.0. The summed E-state index contributed by atoms with van der Waals surface area (Å²) in [6.07, 6.45) is 80.7. The fourth-order valence-corrected chi connectivity index (χ4v) is 11.7. The van der Waals surface area contributed by atoms with E-state index in [2.05, 4.69) is 26.0 Å². The number of esters is 2. The lowest BCUT2D eigenvalue weighted by molar-refractivity contribution is -0.870. The SMILES string of the molecule is CCCCCCCCCC/C=C\CCCCCCCCCCCCCCCCCCCC(=O)OC(COC(=O)CCCCCCCCCCCCCCCCCCCCCCCCCCCCCCCCC)COC(OCC[N+](C)(C)C)C(=O)O. The Morgan fingerprint density at radius 3 is 0.871 bits per heavy atom. The maximum atomic E-state index is 13.0. The average molecular weight is 1200 g/mol. The number of hydrogen-bond donors (Lipinski definition) is 1. The minimum Gasteiger partial charge on any atom is -0.477 e. The number of carbonyl (C=O) groups is 3. The molecule has 0 aromatic rings. The van der Waals surface area contributed by atoms with Crippen LogP contribution in [0.25, 0.3) is 0 Å². The maximum absolute atomic E-state index is 13.0. The second-order valence-electron chi connectivity index (χ2n) is 27.3. The van der Waals surface area contributed by atoms with Crippen molar-refractivity contribution in [3.05, 3.63) is 12.2 Å². The Bertz CT molecular complexity index is 1400. The quantitative estimate of drug-likeness (QED) is 0.0211. The molecule has 2 unspecified atom stereocenters. The third kappa shape index (κ3) is 69.4. The van der Waals surface area contributed by atoms with Crippen LogP contribution in [0.15, 0.2) is 12.2 Å². The molecule has 0 saturated heterocycles. The number of carboxylic acid groups (broad SMARTS) is 1. The molecule has 85 heavy (non-hydrogen) atoms. The van der Waals surface area contributed by atoms with E-state index < -0.39 is 18.4 Å². The summed E-state index contributed by atoms with van der Waals surface area (Å²) in [5.41, 5.74) is 0. The van der Waals surface area contributed by atoms with Crippen molar-refractivity contribution < 1.29 is 42.9 Å². The number of carbonyl (C=O) groups excluding carboxylic acids is 2. The second kappa shape index (κ2) is 68.0. The van der Waals surface area contributed by atoms with Gasteiger partial charge in [-0.05, 0) is 38.5 Å². The number of ether oxygens (including phenoxy) is 4. The first-order valence-corrected chi connectivity index (χ1v) is 37.9. The van der Waals surface area contributed by atoms with Crippen LogP contribution in [0, 0.1) is 0 Å². The molecule has 0 heterocycles. The van der Waals surface area contributed by atoms with Crippen molar-refractivity contribution in [1.82, 2.24) is 0 Å². The van der Waals surface area contributed by atoms with Crippen molar-refractivity contribution in [2.45, 2.75) is 411 Å². The van der Waals surface area contributed by atoms with Crippen molar-refractivity contribution >= 4 is 17.9 Å². The van der Waals surface area contributed by atoms with Gasteiger partial charge in [0.25, 0.3) is 6.29 Å². The van der Waals surface area contributed by atoms with Crippen molar-refractivity contribution in [1.29, 1.82) is 0 Å². The van der Waals surface area contributed by atoms with Crippen LogP contribution in [0.3, 0.4) is 0 Å². The summed E-state index contributed by atoms with van der Waals surface area (Å²) in [5.74, 6) is -1.97. The van der Waals surface area contributed by atoms with E-state index in [4.69, 9.17) is 18.9 Å². The Labute approximate surface area is 529 Å². The van der Waals surface area contributed by atoms with Gasteiger partial charge in [0.1, 0.15) is 13.2 Å². The van der Waals surface area contributed by atoms with Gasteiger partial charge in [-0.3, -0.25) is 9.59 Å². The molecule has 0 aliphatic rings. The van der Waals surface area contributed by atoms with E-state index in [0.29, 0.717) is 17.4 Å². The predicted molar refractivity (Wildman–Crippen MR) is 365 cm³/mol. The molecule has 0 radical (unpaired) electrons. The van der Waals surface area contributed by atoms with Gasteiger partial charge < -0.3 is 28.5 Å². The molecule has 0 bridgehead atoms. The first-order chi connectivity index (χ1) is 41.6. The zero-order chi connectivity index (χ0) is 61.9. The van der Waals surface area contributed by atoms with Crippen LogP contribution in [0.5, 0.6) is 0 Å². The minimum atomic E-state index is -1.51. The number of allylic oxidation sites excluding steroid dienone is 2. The fraction of sp³-hybridized carbons (Fsp3) is 0.934. The summed E-state index contributed by atoms with van der Waals surface area (Å²) in [6, 6.07) is 0. The Morgan fingerprint density at radius 2 is 0.600 bits per heavy atom. The molecule has 0 aliphatic carbocycles. The van der Waals surface area contributed by atoms with Crippen molar-refractivity contribution in [2.24, 2.45) is 0 Å². The van der Waals surface area contributed by atoms with Crippen LogP contribution < -0.4 is 0 Å². The summed E-state index contributed by atoms with van der Waals surface area (Å²) in [6.45, 7) is 4.97. The molecule has 1 N–H and O–H groups in total. The van der Waals surface area contributed by atoms with Gasteiger partial charge in [0.2, 0.25) is 0 Å². The van der Waals surface area contributed by atoms with Gasteiger partial charge in [-0.1, -0.05) is 360 Å². The zero-order valence-corrected chi connectivity index (χ0v) is 57.8. The van der Waals surface area contributed by atoms with Gasteiger partial charge >= 0.3 is 17.9 Å². The molecule has 0 amide bonds. The Hall–Kier alpha value is -1.97. The van der Waals surface area contributed by atoms with Crippen LogP contribution in [-0.2, 0) is 33.3 Å². The summed E-state index contributed by atoms with van der Waals surface area (Å²) in [5, 5.41) is 9.76. The molecule has 504 valence electrons. The third-order valence-electron chi connectivity index (χ3n) is 17.5. The van der Waals surface area contributed by atoms with E-state index in [1.807, 2.05) is 21.1 Å². The molecule has 0 aromatic heterocycles. The highest BCUT2D eigenvalue weighted by atomic mass is 16.7. The number of unbranched alkanes of at least 4 members (excludes halogenated alkanes) is 55. The molecule has 9 heteroatoms. The predicted octanol–water partition coefficient (Wildman–Crippen LogP) is 23.6. The molecule has 0 saturated carbocycles. The number of likely N-dealkylation sites (N-methyl/N-ethyl adjacent to an activating group) is 1. The van der Waals surface area contributed by atoms with Crippen LogP contribution in [-0.4, -0.2) is 87.4 Å². The van der Waals surface area contributed by atoms with Gasteiger partial charge in [0.15, 0.2) is 6.10 Å². The van der Waals surface area contributed by atoms with Crippen LogP contribution in [0.2, 0.25) is 0 Å². The lowest BCUT2D eigenvalue weighted by Gasteiger charge is -2.25. The molecule has 9 nitrogen and oxygen atoms in total. The van der Waals surface area contributed by atoms with Crippen LogP contribution in [0.4, 0.5) is 0 Å². The lowest BCUT2D eigenvalue weighted by Crippen LogP contribution is -2.40. The summed E-state index contributed by atoms with van der Waals surface area (Å²) < 4.78 is 23.0. The van der Waals surface area contributed by atoms with E-state index >= 15 is 0 Å². The van der Waals surface area contributed by atoms with Crippen molar-refractivity contribution in [3.8, 4) is 0 Å². The van der Waals surface area contributed by atoms with Gasteiger partial charge in [0, 0.05) is 12.8 Å². The van der Waals surface area contributed by atoms with Crippen molar-refractivity contribution in [2.75, 3.05) is 47.5 Å². The topological polar surface area (TPSA) is 108 Å². The van der Waals surface area contributed by atoms with E-state index in [9.17, 15) is 19.5 Å². The standard InChI is InChI=1S/C76H147NO8/c1-6-8-10-12-14-16-18-20-22-24-26-28-30-32-34-36-37-39-40-42-44-46-48-50-52-54-56-58-60-62-64-66-73(78)83-70-72(71-84-76(75(80)81)82-69-68-77(3,4)5)85-74(79)67-65-63-61-59-57-55-53-51-49-47-45-43-41-38-35-33-31-29-27-25-23-21-19-17-15-13-11-9-7-2/h25,27,72,76H,6-24,26,28-71H2,1-5H3/p+1/b27-25-. The summed E-state index contributed by atoms with van der Waals surface area (Å²) >= 11 is 0. The largest absolute Gasteiger partial charge is 0.477 e. The summed E-state index contributed by atoms with van der Waals surface area (Å²) in [4.78, 5) is 37.7. The Kier molecular flexibility index (Phi) is 66.4. The highest BCUT2D eigenvalue weighted by molar-refractivity contribution is 5.71. The average Bonchev–Trinajstić information content (AvgIpc) is 3.48. The Morgan fingerprint density at radius 1 is 0.341 bits per heavy atom. The fourth-order valence-electron chi connectivity index (χ4n) is 11.7. The smallest absolute Gasteiger partial charge is 0.361 e. The number of carboxylic acids is 1. The number of hydrogen-bond acceptors (Lipinski definition) is 7. The number of rotatable bonds is 72. The molecule has 0 aliphatic heterocycles. The molecule has 2 atom stereocenters. The van der Waals surface area contributed by atoms with Gasteiger partial charge in [-0.25, -0.2) is 4.79 Å². The van der Waals surface area contributed by atoms with E-state index in [0.717, 1.165) is 38.5 Å². The first kappa shape index (κ1) is 83.0. The van der Waals surface area contributed by atoms with Crippen LogP contribution in [0.1, 0.15) is 399 Å². The van der Waals surface area contributed by atoms with Gasteiger partial charge in [-0.15, -0.1) is 0 Å². The normalized spacial score (nSPS) is 12.6. The number of quaternary nitrogens is 1.